The molecule has 3 heterocycles. The standard InChI is InChI=1S/C16H21N5O2/c22-16(3-7-20-8-6-18-13-20)21-9-10-23-12-15(21)2-1-14-11-17-4-5-19-14/h4-6,8,11,13,15H,1-3,7,9-10,12H2. The van der Waals surface area contributed by atoms with Crippen molar-refractivity contribution in [2.75, 3.05) is 19.8 Å². The second kappa shape index (κ2) is 7.82. The summed E-state index contributed by atoms with van der Waals surface area (Å²) in [6, 6.07) is 0.112. The first-order chi connectivity index (χ1) is 11.3. The number of aryl methyl sites for hydroxylation is 2. The second-order valence-corrected chi connectivity index (χ2v) is 5.60. The largest absolute Gasteiger partial charge is 0.377 e. The zero-order valence-electron chi connectivity index (χ0n) is 13.0. The summed E-state index contributed by atoms with van der Waals surface area (Å²) in [6.45, 7) is 2.52. The average molecular weight is 315 g/mol. The van der Waals surface area contributed by atoms with E-state index in [0.717, 1.165) is 18.5 Å². The smallest absolute Gasteiger partial charge is 0.224 e. The molecule has 7 nitrogen and oxygen atoms in total. The fourth-order valence-corrected chi connectivity index (χ4v) is 2.78. The number of amides is 1. The van der Waals surface area contributed by atoms with Crippen LogP contribution in [0.4, 0.5) is 0 Å². The number of hydrogen-bond donors (Lipinski definition) is 0. The number of aromatic nitrogens is 4. The van der Waals surface area contributed by atoms with Crippen LogP contribution in [-0.2, 0) is 22.5 Å². The molecule has 1 amide bonds. The van der Waals surface area contributed by atoms with Crippen molar-refractivity contribution in [2.45, 2.75) is 31.8 Å². The highest BCUT2D eigenvalue weighted by molar-refractivity contribution is 5.76. The van der Waals surface area contributed by atoms with E-state index < -0.39 is 0 Å². The van der Waals surface area contributed by atoms with E-state index in [1.54, 1.807) is 31.1 Å². The number of imidazole rings is 1. The Labute approximate surface area is 135 Å². The Hall–Kier alpha value is -2.28. The molecule has 0 aromatic carbocycles. The van der Waals surface area contributed by atoms with Crippen molar-refractivity contribution in [3.8, 4) is 0 Å². The molecule has 0 spiro atoms. The number of ether oxygens (including phenoxy) is 1. The molecule has 3 rings (SSSR count). The SMILES string of the molecule is O=C(CCn1ccnc1)N1CCOCC1CCc1cnccn1. The van der Waals surface area contributed by atoms with Gasteiger partial charge in [-0.25, -0.2) is 4.98 Å². The van der Waals surface area contributed by atoms with E-state index in [2.05, 4.69) is 15.0 Å². The summed E-state index contributed by atoms with van der Waals surface area (Å²) >= 11 is 0. The third-order valence-electron chi connectivity index (χ3n) is 4.04. The Balaban J connectivity index is 1.53. The predicted octanol–water partition coefficient (Wildman–Crippen LogP) is 0.923. The zero-order valence-corrected chi connectivity index (χ0v) is 13.0. The van der Waals surface area contributed by atoms with Crippen LogP contribution in [0.3, 0.4) is 0 Å². The van der Waals surface area contributed by atoms with Crippen molar-refractivity contribution < 1.29 is 9.53 Å². The monoisotopic (exact) mass is 315 g/mol. The molecular formula is C16H21N5O2. The van der Waals surface area contributed by atoms with Gasteiger partial charge in [-0.05, 0) is 12.8 Å². The molecule has 1 saturated heterocycles. The van der Waals surface area contributed by atoms with Crippen LogP contribution in [0.5, 0.6) is 0 Å². The van der Waals surface area contributed by atoms with Crippen molar-refractivity contribution >= 4 is 5.91 Å². The van der Waals surface area contributed by atoms with Gasteiger partial charge in [-0.3, -0.25) is 14.8 Å². The molecule has 7 heteroatoms. The quantitative estimate of drug-likeness (QED) is 0.792. The number of carbonyl (C=O) groups excluding carboxylic acids is 1. The highest BCUT2D eigenvalue weighted by atomic mass is 16.5. The van der Waals surface area contributed by atoms with Crippen LogP contribution >= 0.6 is 0 Å². The van der Waals surface area contributed by atoms with Crippen molar-refractivity contribution in [1.29, 1.82) is 0 Å². The minimum Gasteiger partial charge on any atom is -0.377 e. The summed E-state index contributed by atoms with van der Waals surface area (Å²) in [7, 11) is 0. The number of carbonyl (C=O) groups is 1. The summed E-state index contributed by atoms with van der Waals surface area (Å²) < 4.78 is 7.48. The number of morpholine rings is 1. The molecule has 1 unspecified atom stereocenters. The van der Waals surface area contributed by atoms with Gasteiger partial charge in [0.1, 0.15) is 0 Å². The van der Waals surface area contributed by atoms with Gasteiger partial charge in [-0.2, -0.15) is 0 Å². The molecule has 1 aliphatic rings. The summed E-state index contributed by atoms with van der Waals surface area (Å²) in [6.07, 6.45) is 12.6. The first kappa shape index (κ1) is 15.6. The lowest BCUT2D eigenvalue weighted by Gasteiger charge is -2.35. The van der Waals surface area contributed by atoms with Gasteiger partial charge in [0, 0.05) is 50.5 Å². The van der Waals surface area contributed by atoms with Crippen LogP contribution in [-0.4, -0.2) is 56.1 Å². The van der Waals surface area contributed by atoms with Gasteiger partial charge in [0.25, 0.3) is 0 Å². The Kier molecular flexibility index (Phi) is 5.31. The van der Waals surface area contributed by atoms with Gasteiger partial charge in [0.15, 0.2) is 0 Å². The molecule has 23 heavy (non-hydrogen) atoms. The van der Waals surface area contributed by atoms with Crippen molar-refractivity contribution in [3.05, 3.63) is 43.0 Å². The lowest BCUT2D eigenvalue weighted by Crippen LogP contribution is -2.49. The highest BCUT2D eigenvalue weighted by Crippen LogP contribution is 2.14. The first-order valence-corrected chi connectivity index (χ1v) is 7.91. The molecular weight excluding hydrogens is 294 g/mol. The van der Waals surface area contributed by atoms with E-state index in [-0.39, 0.29) is 11.9 Å². The van der Waals surface area contributed by atoms with Crippen LogP contribution in [0.2, 0.25) is 0 Å². The predicted molar refractivity (Wildman–Crippen MR) is 83.5 cm³/mol. The fourth-order valence-electron chi connectivity index (χ4n) is 2.78. The van der Waals surface area contributed by atoms with Gasteiger partial charge in [-0.1, -0.05) is 0 Å². The molecule has 0 aliphatic carbocycles. The van der Waals surface area contributed by atoms with Crippen LogP contribution < -0.4 is 0 Å². The van der Waals surface area contributed by atoms with Crippen LogP contribution in [0.1, 0.15) is 18.5 Å². The Morgan fingerprint density at radius 3 is 3.04 bits per heavy atom. The molecule has 1 atom stereocenters. The van der Waals surface area contributed by atoms with E-state index in [0.29, 0.717) is 32.7 Å². The topological polar surface area (TPSA) is 73.1 Å². The summed E-state index contributed by atoms with van der Waals surface area (Å²) in [5, 5.41) is 0. The van der Waals surface area contributed by atoms with Gasteiger partial charge in [-0.15, -0.1) is 0 Å². The van der Waals surface area contributed by atoms with E-state index in [9.17, 15) is 4.79 Å². The molecule has 122 valence electrons. The Bertz CT molecular complexity index is 602. The Morgan fingerprint density at radius 1 is 1.30 bits per heavy atom. The maximum absolute atomic E-state index is 12.5. The molecule has 2 aromatic heterocycles. The van der Waals surface area contributed by atoms with Gasteiger partial charge in [0.2, 0.25) is 5.91 Å². The van der Waals surface area contributed by atoms with Gasteiger partial charge >= 0.3 is 0 Å². The van der Waals surface area contributed by atoms with Gasteiger partial charge in [0.05, 0.1) is 31.3 Å². The maximum Gasteiger partial charge on any atom is 0.224 e. The summed E-state index contributed by atoms with van der Waals surface area (Å²) in [4.78, 5) is 26.8. The zero-order chi connectivity index (χ0) is 15.9. The van der Waals surface area contributed by atoms with Crippen LogP contribution in [0.25, 0.3) is 0 Å². The molecule has 0 N–H and O–H groups in total. The van der Waals surface area contributed by atoms with Crippen molar-refractivity contribution in [3.63, 3.8) is 0 Å². The normalized spacial score (nSPS) is 18.1. The molecule has 1 aliphatic heterocycles. The molecule has 0 radical (unpaired) electrons. The molecule has 0 saturated carbocycles. The van der Waals surface area contributed by atoms with Gasteiger partial charge < -0.3 is 14.2 Å². The third kappa shape index (κ3) is 4.35. The van der Waals surface area contributed by atoms with Crippen LogP contribution in [0.15, 0.2) is 37.3 Å². The molecule has 1 fully saturated rings. The summed E-state index contributed by atoms with van der Waals surface area (Å²) in [5.74, 6) is 0.172. The van der Waals surface area contributed by atoms with E-state index >= 15 is 0 Å². The summed E-state index contributed by atoms with van der Waals surface area (Å²) in [5.41, 5.74) is 0.948. The number of nitrogens with zero attached hydrogens (tertiary/aromatic N) is 5. The van der Waals surface area contributed by atoms with Crippen LogP contribution in [0, 0.1) is 0 Å². The van der Waals surface area contributed by atoms with E-state index in [4.69, 9.17) is 4.74 Å². The highest BCUT2D eigenvalue weighted by Gasteiger charge is 2.26. The first-order valence-electron chi connectivity index (χ1n) is 7.91. The average Bonchev–Trinajstić information content (AvgIpc) is 3.12. The molecule has 0 bridgehead atoms. The fraction of sp³-hybridized carbons (Fsp3) is 0.500. The number of hydrogen-bond acceptors (Lipinski definition) is 5. The Morgan fingerprint density at radius 2 is 2.26 bits per heavy atom. The lowest BCUT2D eigenvalue weighted by molar-refractivity contribution is -0.140. The van der Waals surface area contributed by atoms with Crippen molar-refractivity contribution in [1.82, 2.24) is 24.4 Å². The lowest BCUT2D eigenvalue weighted by atomic mass is 10.1. The van der Waals surface area contributed by atoms with Crippen molar-refractivity contribution in [2.24, 2.45) is 0 Å². The second-order valence-electron chi connectivity index (χ2n) is 5.60. The van der Waals surface area contributed by atoms with E-state index in [1.165, 1.54) is 0 Å². The van der Waals surface area contributed by atoms with E-state index in [1.807, 2.05) is 15.7 Å². The number of rotatable bonds is 6. The molecule has 2 aromatic rings. The minimum absolute atomic E-state index is 0.112. The minimum atomic E-state index is 0.112. The third-order valence-corrected chi connectivity index (χ3v) is 4.04. The maximum atomic E-state index is 12.5.